The largest absolute Gasteiger partial charge is 0.407 e. The Kier molecular flexibility index (Phi) is 7.23. The van der Waals surface area contributed by atoms with Gasteiger partial charge in [0, 0.05) is 37.6 Å². The van der Waals surface area contributed by atoms with Gasteiger partial charge in [0.2, 0.25) is 5.88 Å². The molecule has 0 aromatic carbocycles. The number of hydrogen-bond acceptors (Lipinski definition) is 5. The molecule has 204 valence electrons. The molecule has 1 aliphatic heterocycles. The molecule has 0 bridgehead atoms. The van der Waals surface area contributed by atoms with Crippen molar-refractivity contribution in [1.82, 2.24) is 5.32 Å². The van der Waals surface area contributed by atoms with Crippen LogP contribution in [0.2, 0.25) is 0 Å². The van der Waals surface area contributed by atoms with Gasteiger partial charge in [-0.05, 0) is 111 Å². The van der Waals surface area contributed by atoms with Crippen LogP contribution in [0.5, 0.6) is 0 Å². The minimum absolute atomic E-state index is 0.0556. The summed E-state index contributed by atoms with van der Waals surface area (Å²) in [4.78, 5) is 26.3. The fraction of sp³-hybridized carbons (Fsp3) is 0.750. The first-order chi connectivity index (χ1) is 17.7. The van der Waals surface area contributed by atoms with Gasteiger partial charge >= 0.3 is 5.97 Å². The van der Waals surface area contributed by atoms with Crippen molar-refractivity contribution in [1.29, 1.82) is 0 Å². The van der Waals surface area contributed by atoms with Crippen molar-refractivity contribution in [3.05, 3.63) is 35.9 Å². The lowest BCUT2D eigenvalue weighted by Gasteiger charge is -2.61. The number of ketones is 1. The van der Waals surface area contributed by atoms with Crippen LogP contribution in [-0.2, 0) is 19.1 Å². The Bertz CT molecular complexity index is 1010. The second-order valence-electron chi connectivity index (χ2n) is 13.1. The molecular weight excluding hydrogens is 462 g/mol. The van der Waals surface area contributed by atoms with Crippen molar-refractivity contribution in [2.45, 2.75) is 104 Å². The van der Waals surface area contributed by atoms with E-state index < -0.39 is 5.60 Å². The molecule has 5 rings (SSSR count). The number of ether oxygens (including phenoxy) is 2. The van der Waals surface area contributed by atoms with E-state index in [9.17, 15) is 9.59 Å². The molecule has 0 amide bonds. The average Bonchev–Trinajstić information content (AvgIpc) is 3.09. The number of fused-ring (bicyclic) bond motifs is 5. The Balaban J connectivity index is 1.42. The van der Waals surface area contributed by atoms with E-state index in [4.69, 9.17) is 9.47 Å². The highest BCUT2D eigenvalue weighted by molar-refractivity contribution is 5.81. The minimum Gasteiger partial charge on any atom is -0.407 e. The van der Waals surface area contributed by atoms with Gasteiger partial charge < -0.3 is 14.8 Å². The Labute approximate surface area is 223 Å². The molecule has 37 heavy (non-hydrogen) atoms. The third-order valence-corrected chi connectivity index (χ3v) is 11.6. The Morgan fingerprint density at radius 2 is 1.86 bits per heavy atom. The molecule has 8 atom stereocenters. The Morgan fingerprint density at radius 3 is 2.62 bits per heavy atom. The molecule has 0 saturated heterocycles. The number of Topliss-reactive ketones (excluding diaryl/α,β-unsaturated/α-hetero) is 1. The van der Waals surface area contributed by atoms with Crippen molar-refractivity contribution in [3.63, 3.8) is 0 Å². The van der Waals surface area contributed by atoms with Gasteiger partial charge in [0.25, 0.3) is 0 Å². The summed E-state index contributed by atoms with van der Waals surface area (Å²) in [6, 6.07) is 0. The van der Waals surface area contributed by atoms with Crippen molar-refractivity contribution in [2.75, 3.05) is 6.61 Å². The molecule has 1 heterocycles. The molecule has 2 unspecified atom stereocenters. The van der Waals surface area contributed by atoms with Crippen molar-refractivity contribution in [2.24, 2.45) is 40.4 Å². The van der Waals surface area contributed by atoms with E-state index in [-0.39, 0.29) is 17.3 Å². The van der Waals surface area contributed by atoms with Crippen molar-refractivity contribution in [3.8, 4) is 0 Å². The van der Waals surface area contributed by atoms with Crippen molar-refractivity contribution >= 4 is 11.8 Å². The van der Waals surface area contributed by atoms with E-state index in [1.165, 1.54) is 19.3 Å². The van der Waals surface area contributed by atoms with Gasteiger partial charge in [-0.25, -0.2) is 4.79 Å². The molecule has 0 spiro atoms. The van der Waals surface area contributed by atoms with E-state index in [0.717, 1.165) is 44.1 Å². The van der Waals surface area contributed by atoms with Crippen LogP contribution in [0.15, 0.2) is 35.9 Å². The van der Waals surface area contributed by atoms with E-state index in [0.29, 0.717) is 53.8 Å². The van der Waals surface area contributed by atoms with Crippen LogP contribution in [0.3, 0.4) is 0 Å². The van der Waals surface area contributed by atoms with Gasteiger partial charge in [0.15, 0.2) is 5.60 Å². The van der Waals surface area contributed by atoms with Crippen LogP contribution in [0, 0.1) is 40.4 Å². The fourth-order valence-corrected chi connectivity index (χ4v) is 9.74. The van der Waals surface area contributed by atoms with Crippen LogP contribution >= 0.6 is 0 Å². The van der Waals surface area contributed by atoms with E-state index in [2.05, 4.69) is 26.1 Å². The summed E-state index contributed by atoms with van der Waals surface area (Å²) in [5.41, 5.74) is 0.440. The lowest BCUT2D eigenvalue weighted by Crippen LogP contribution is -2.58. The third kappa shape index (κ3) is 4.33. The number of carbonyl (C=O) groups is 2. The van der Waals surface area contributed by atoms with E-state index >= 15 is 0 Å². The number of hydrogen-bond donors (Lipinski definition) is 1. The first kappa shape index (κ1) is 26.7. The third-order valence-electron chi connectivity index (χ3n) is 11.6. The zero-order valence-electron chi connectivity index (χ0n) is 23.6. The number of rotatable bonds is 6. The maximum Gasteiger partial charge on any atom is 0.345 e. The number of esters is 1. The average molecular weight is 510 g/mol. The molecular formula is C32H47NO4. The topological polar surface area (TPSA) is 64.6 Å². The summed E-state index contributed by atoms with van der Waals surface area (Å²) in [6.45, 7) is 11.5. The molecule has 4 saturated carbocycles. The second kappa shape index (κ2) is 10.0. The lowest BCUT2D eigenvalue weighted by atomic mass is 9.44. The molecule has 5 heteroatoms. The van der Waals surface area contributed by atoms with Crippen LogP contribution in [0.25, 0.3) is 0 Å². The summed E-state index contributed by atoms with van der Waals surface area (Å²) in [6.07, 6.45) is 17.8. The first-order valence-electron chi connectivity index (χ1n) is 14.9. The fourth-order valence-electron chi connectivity index (χ4n) is 9.74. The van der Waals surface area contributed by atoms with Crippen LogP contribution in [-0.4, -0.2) is 24.0 Å². The van der Waals surface area contributed by atoms with Gasteiger partial charge in [-0.2, -0.15) is 0 Å². The van der Waals surface area contributed by atoms with Gasteiger partial charge in [0.1, 0.15) is 5.78 Å². The minimum atomic E-state index is -0.945. The predicted molar refractivity (Wildman–Crippen MR) is 145 cm³/mol. The summed E-state index contributed by atoms with van der Waals surface area (Å²) >= 11 is 0. The molecule has 0 radical (unpaired) electrons. The second-order valence-corrected chi connectivity index (χ2v) is 13.1. The number of nitrogens with one attached hydrogen (secondary N) is 1. The van der Waals surface area contributed by atoms with Gasteiger partial charge in [0.05, 0.1) is 0 Å². The Morgan fingerprint density at radius 1 is 1.08 bits per heavy atom. The first-order valence-corrected chi connectivity index (χ1v) is 14.9. The zero-order valence-corrected chi connectivity index (χ0v) is 23.6. The maximum absolute atomic E-state index is 14.0. The normalized spacial score (nSPS) is 40.7. The number of allylic oxidation sites excluding steroid dienone is 4. The maximum atomic E-state index is 14.0. The number of carbonyl (C=O) groups excluding carboxylic acids is 2. The van der Waals surface area contributed by atoms with Gasteiger partial charge in [-0.3, -0.25) is 4.79 Å². The summed E-state index contributed by atoms with van der Waals surface area (Å²) in [7, 11) is 0. The lowest BCUT2D eigenvalue weighted by molar-refractivity contribution is -0.192. The van der Waals surface area contributed by atoms with Gasteiger partial charge in [-0.15, -0.1) is 0 Å². The van der Waals surface area contributed by atoms with Crippen LogP contribution in [0.4, 0.5) is 0 Å². The zero-order chi connectivity index (χ0) is 26.4. The monoisotopic (exact) mass is 509 g/mol. The molecule has 0 aromatic heterocycles. The molecule has 4 aliphatic carbocycles. The Hall–Kier alpha value is -1.88. The highest BCUT2D eigenvalue weighted by Crippen LogP contribution is 2.69. The van der Waals surface area contributed by atoms with Gasteiger partial charge in [-0.1, -0.05) is 26.8 Å². The molecule has 4 fully saturated rings. The molecule has 5 nitrogen and oxygen atoms in total. The SMILES string of the molecule is CCOC(CC)(C(=O)OC1=CC(C)=CC=CN1)[C@H]1CC[C@H]2[C@@H]3CCC4CC(=O)CC[C@]4(C)[C@H]3CC[C@]12C. The highest BCUT2D eigenvalue weighted by Gasteiger charge is 2.65. The highest BCUT2D eigenvalue weighted by atomic mass is 16.6. The molecule has 0 aromatic rings. The van der Waals surface area contributed by atoms with Crippen LogP contribution in [0.1, 0.15) is 98.8 Å². The summed E-state index contributed by atoms with van der Waals surface area (Å²) in [5.74, 6) is 3.39. The quantitative estimate of drug-likeness (QED) is 0.397. The predicted octanol–water partition coefficient (Wildman–Crippen LogP) is 6.85. The standard InChI is InChI=1S/C32H47NO4/c1-6-32(36-7-2,29(35)37-28-19-21(3)9-8-18-33-28)27-13-12-25-24-11-10-22-20-23(34)14-16-30(22,4)26(24)15-17-31(25,27)5/h8-9,18-19,22,24-27,33H,6-7,10-17,20H2,1-5H3/t22?,24-,25-,26-,27-,30-,31-,32?/m0/s1. The smallest absolute Gasteiger partial charge is 0.345 e. The van der Waals surface area contributed by atoms with E-state index in [1.807, 2.05) is 32.1 Å². The summed E-state index contributed by atoms with van der Waals surface area (Å²) < 4.78 is 12.5. The van der Waals surface area contributed by atoms with Crippen molar-refractivity contribution < 1.29 is 19.1 Å². The van der Waals surface area contributed by atoms with Crippen LogP contribution < -0.4 is 5.32 Å². The summed E-state index contributed by atoms with van der Waals surface area (Å²) in [5, 5.41) is 3.11. The van der Waals surface area contributed by atoms with E-state index in [1.54, 1.807) is 6.20 Å². The molecule has 1 N–H and O–H groups in total. The molecule has 5 aliphatic rings.